The molecule has 9 heteroatoms. The minimum atomic E-state index is -3.68. The first kappa shape index (κ1) is 19.1. The summed E-state index contributed by atoms with van der Waals surface area (Å²) < 4.78 is 40.7. The Morgan fingerprint density at radius 3 is 2.89 bits per heavy atom. The first-order valence-corrected chi connectivity index (χ1v) is 9.91. The fourth-order valence-corrected chi connectivity index (χ4v) is 4.06. The number of carbonyl (C=O) groups excluding carboxylic acids is 1. The number of benzene rings is 1. The van der Waals surface area contributed by atoms with Gasteiger partial charge in [0.2, 0.25) is 5.91 Å². The minimum Gasteiger partial charge on any atom is -0.395 e. The number of nitrogens with zero attached hydrogens (tertiary/aromatic N) is 1. The number of rotatable bonds is 7. The summed E-state index contributed by atoms with van der Waals surface area (Å²) in [7, 11) is 0. The van der Waals surface area contributed by atoms with E-state index in [9.17, 15) is 13.6 Å². The summed E-state index contributed by atoms with van der Waals surface area (Å²) in [6, 6.07) is 8.19. The van der Waals surface area contributed by atoms with Gasteiger partial charge in [0.15, 0.2) is 11.5 Å². The highest BCUT2D eigenvalue weighted by Crippen LogP contribution is 2.42. The molecule has 28 heavy (non-hydrogen) atoms. The van der Waals surface area contributed by atoms with Gasteiger partial charge < -0.3 is 19.5 Å². The number of alkyl halides is 2. The molecule has 1 fully saturated rings. The van der Waals surface area contributed by atoms with Crippen molar-refractivity contribution in [3.05, 3.63) is 40.6 Å². The van der Waals surface area contributed by atoms with Crippen molar-refractivity contribution in [2.75, 3.05) is 25.0 Å². The quantitative estimate of drug-likeness (QED) is 0.755. The zero-order valence-corrected chi connectivity index (χ0v) is 15.8. The van der Waals surface area contributed by atoms with Crippen molar-refractivity contribution in [3.8, 4) is 11.5 Å². The number of anilines is 1. The van der Waals surface area contributed by atoms with E-state index in [1.54, 1.807) is 11.3 Å². The van der Waals surface area contributed by atoms with Crippen LogP contribution in [0.15, 0.2) is 35.7 Å². The zero-order valence-electron chi connectivity index (χ0n) is 15.0. The molecule has 6 nitrogen and oxygen atoms in total. The molecule has 0 saturated carbocycles. The molecule has 1 aromatic heterocycles. The molecular formula is C19H20F2N2O4S. The van der Waals surface area contributed by atoms with Crippen LogP contribution in [0.25, 0.3) is 0 Å². The van der Waals surface area contributed by atoms with Crippen LogP contribution in [-0.2, 0) is 16.1 Å². The second kappa shape index (κ2) is 8.02. The first-order valence-electron chi connectivity index (χ1n) is 9.03. The van der Waals surface area contributed by atoms with Crippen molar-refractivity contribution in [3.63, 3.8) is 0 Å². The maximum absolute atomic E-state index is 13.1. The van der Waals surface area contributed by atoms with Gasteiger partial charge in [-0.05, 0) is 36.4 Å². The summed E-state index contributed by atoms with van der Waals surface area (Å²) in [6.07, 6.45) is -1.53. The Hall–Kier alpha value is -2.23. The van der Waals surface area contributed by atoms with Gasteiger partial charge in [0.05, 0.1) is 12.6 Å². The van der Waals surface area contributed by atoms with Crippen LogP contribution in [0, 0.1) is 0 Å². The molecule has 0 unspecified atom stereocenters. The molecule has 2 aliphatic heterocycles. The van der Waals surface area contributed by atoms with Gasteiger partial charge in [-0.25, -0.2) is 0 Å². The van der Waals surface area contributed by atoms with Gasteiger partial charge in [-0.15, -0.1) is 20.1 Å². The summed E-state index contributed by atoms with van der Waals surface area (Å²) in [5, 5.41) is 4.74. The van der Waals surface area contributed by atoms with Crippen LogP contribution in [-0.4, -0.2) is 42.9 Å². The topological polar surface area (TPSA) is 60.0 Å². The van der Waals surface area contributed by atoms with E-state index in [0.29, 0.717) is 18.8 Å². The summed E-state index contributed by atoms with van der Waals surface area (Å²) in [5.74, 6) is -0.390. The van der Waals surface area contributed by atoms with Gasteiger partial charge in [-0.2, -0.15) is 0 Å². The Morgan fingerprint density at radius 1 is 1.29 bits per heavy atom. The third-order valence-electron chi connectivity index (χ3n) is 4.50. The number of fused-ring (bicyclic) bond motifs is 1. The van der Waals surface area contributed by atoms with E-state index in [1.807, 2.05) is 22.4 Å². The van der Waals surface area contributed by atoms with E-state index in [-0.39, 0.29) is 30.1 Å². The molecule has 0 spiro atoms. The van der Waals surface area contributed by atoms with Gasteiger partial charge in [0, 0.05) is 36.3 Å². The molecular weight excluding hydrogens is 390 g/mol. The number of amides is 1. The Labute approximate surface area is 165 Å². The fraction of sp³-hybridized carbons (Fsp3) is 0.421. The second-order valence-corrected chi connectivity index (χ2v) is 7.79. The van der Waals surface area contributed by atoms with Gasteiger partial charge in [0.1, 0.15) is 0 Å². The van der Waals surface area contributed by atoms with Crippen LogP contribution >= 0.6 is 11.3 Å². The maximum Gasteiger partial charge on any atom is 0.586 e. The molecule has 4 rings (SSSR count). The predicted octanol–water partition coefficient (Wildman–Crippen LogP) is 3.69. The van der Waals surface area contributed by atoms with Crippen LogP contribution in [0.2, 0.25) is 0 Å². The predicted molar refractivity (Wildman–Crippen MR) is 99.8 cm³/mol. The molecule has 0 bridgehead atoms. The van der Waals surface area contributed by atoms with Crippen LogP contribution in [0.4, 0.5) is 14.5 Å². The van der Waals surface area contributed by atoms with E-state index in [2.05, 4.69) is 14.8 Å². The standard InChI is InChI=1S/C19H20F2N2O4S/c20-19(21)26-16-6-5-13(9-17(16)27-19)22-18(24)12-23(10-14-3-1-7-25-14)11-15-4-2-8-28-15/h2,4-6,8-9,14H,1,3,7,10-12H2,(H,22,24)/t14-/m0/s1. The summed E-state index contributed by atoms with van der Waals surface area (Å²) >= 11 is 1.64. The minimum absolute atomic E-state index is 0.0549. The lowest BCUT2D eigenvalue weighted by molar-refractivity contribution is -0.286. The van der Waals surface area contributed by atoms with Gasteiger partial charge in [-0.1, -0.05) is 6.07 Å². The van der Waals surface area contributed by atoms with E-state index < -0.39 is 6.29 Å². The number of hydrogen-bond donors (Lipinski definition) is 1. The Bertz CT molecular complexity index is 825. The molecule has 150 valence electrons. The van der Waals surface area contributed by atoms with E-state index in [1.165, 1.54) is 18.2 Å². The third kappa shape index (κ3) is 4.78. The maximum atomic E-state index is 13.1. The zero-order chi connectivity index (χ0) is 19.6. The van der Waals surface area contributed by atoms with Crippen molar-refractivity contribution in [2.45, 2.75) is 31.8 Å². The summed E-state index contributed by atoms with van der Waals surface area (Å²) in [4.78, 5) is 15.7. The molecule has 0 aliphatic carbocycles. The first-order chi connectivity index (χ1) is 13.5. The molecule has 1 N–H and O–H groups in total. The lowest BCUT2D eigenvalue weighted by Gasteiger charge is -2.24. The van der Waals surface area contributed by atoms with E-state index in [4.69, 9.17) is 4.74 Å². The molecule has 1 atom stereocenters. The van der Waals surface area contributed by atoms with Crippen molar-refractivity contribution >= 4 is 22.9 Å². The van der Waals surface area contributed by atoms with Crippen LogP contribution in [0.3, 0.4) is 0 Å². The summed E-state index contributed by atoms with van der Waals surface area (Å²) in [5.41, 5.74) is 0.373. The molecule has 2 aromatic rings. The SMILES string of the molecule is O=C(CN(Cc1cccs1)C[C@@H]1CCCO1)Nc1ccc2c(c1)OC(F)(F)O2. The third-order valence-corrected chi connectivity index (χ3v) is 5.36. The highest BCUT2D eigenvalue weighted by Gasteiger charge is 2.43. The number of carbonyl (C=O) groups is 1. The number of nitrogens with one attached hydrogen (secondary N) is 1. The van der Waals surface area contributed by atoms with Gasteiger partial charge >= 0.3 is 6.29 Å². The largest absolute Gasteiger partial charge is 0.586 e. The number of thiophene rings is 1. The van der Waals surface area contributed by atoms with Crippen LogP contribution in [0.1, 0.15) is 17.7 Å². The smallest absolute Gasteiger partial charge is 0.395 e. The highest BCUT2D eigenvalue weighted by molar-refractivity contribution is 7.09. The summed E-state index contributed by atoms with van der Waals surface area (Å²) in [6.45, 7) is 2.24. The number of halogens is 2. The van der Waals surface area contributed by atoms with E-state index in [0.717, 1.165) is 24.3 Å². The van der Waals surface area contributed by atoms with Gasteiger partial charge in [-0.3, -0.25) is 9.69 Å². The van der Waals surface area contributed by atoms with Gasteiger partial charge in [0.25, 0.3) is 0 Å². The average Bonchev–Trinajstić information content (AvgIpc) is 3.35. The average molecular weight is 410 g/mol. The molecule has 1 saturated heterocycles. The van der Waals surface area contributed by atoms with Crippen molar-refractivity contribution in [1.82, 2.24) is 4.90 Å². The Kier molecular flexibility index (Phi) is 5.47. The normalized spacial score (nSPS) is 19.9. The molecule has 0 radical (unpaired) electrons. The van der Waals surface area contributed by atoms with Crippen LogP contribution in [0.5, 0.6) is 11.5 Å². The number of hydrogen-bond acceptors (Lipinski definition) is 6. The monoisotopic (exact) mass is 410 g/mol. The lowest BCUT2D eigenvalue weighted by Crippen LogP contribution is -2.37. The highest BCUT2D eigenvalue weighted by atomic mass is 32.1. The lowest BCUT2D eigenvalue weighted by atomic mass is 10.2. The Morgan fingerprint density at radius 2 is 2.14 bits per heavy atom. The number of ether oxygens (including phenoxy) is 3. The fourth-order valence-electron chi connectivity index (χ4n) is 3.31. The second-order valence-electron chi connectivity index (χ2n) is 6.76. The Balaban J connectivity index is 1.38. The molecule has 1 amide bonds. The van der Waals surface area contributed by atoms with Crippen molar-refractivity contribution in [2.24, 2.45) is 0 Å². The van der Waals surface area contributed by atoms with Crippen molar-refractivity contribution < 1.29 is 27.8 Å². The molecule has 3 heterocycles. The van der Waals surface area contributed by atoms with Crippen molar-refractivity contribution in [1.29, 1.82) is 0 Å². The molecule has 2 aliphatic rings. The van der Waals surface area contributed by atoms with Crippen LogP contribution < -0.4 is 14.8 Å². The molecule has 1 aromatic carbocycles. The van der Waals surface area contributed by atoms with E-state index >= 15 is 0 Å².